The third kappa shape index (κ3) is 3.39. The van der Waals surface area contributed by atoms with Gasteiger partial charge in [-0.1, -0.05) is 38.9 Å². The molecule has 1 radical (unpaired) electrons. The molecule has 0 aromatic rings. The third-order valence-corrected chi connectivity index (χ3v) is 8.79. The molecule has 0 amide bonds. The van der Waals surface area contributed by atoms with Crippen LogP contribution in [0.3, 0.4) is 0 Å². The van der Waals surface area contributed by atoms with Crippen LogP contribution in [0.5, 0.6) is 0 Å². The molecule has 2 heteroatoms. The molecule has 0 heterocycles. The van der Waals surface area contributed by atoms with Crippen molar-refractivity contribution in [2.24, 2.45) is 0 Å². The van der Waals surface area contributed by atoms with Crippen LogP contribution in [0.2, 0.25) is 24.2 Å². The highest BCUT2D eigenvalue weighted by Crippen LogP contribution is 2.24. The summed E-state index contributed by atoms with van der Waals surface area (Å²) in [5, 5.41) is 0. The van der Waals surface area contributed by atoms with E-state index < -0.39 is 8.07 Å². The fraction of sp³-hybridized carbons (Fsp3) is 0.889. The van der Waals surface area contributed by atoms with Crippen molar-refractivity contribution in [2.45, 2.75) is 44.9 Å². The summed E-state index contributed by atoms with van der Waals surface area (Å²) in [7, 11) is 2.51. The topological polar surface area (TPSA) is 9.23 Å². The van der Waals surface area contributed by atoms with Gasteiger partial charge in [0, 0.05) is 6.61 Å². The average molecular weight is 173 g/mol. The van der Waals surface area contributed by atoms with Crippen LogP contribution < -0.4 is 0 Å². The molecule has 0 atom stereocenters. The van der Waals surface area contributed by atoms with Crippen LogP contribution in [-0.4, -0.2) is 14.7 Å². The lowest BCUT2D eigenvalue weighted by molar-refractivity contribution is 0.259. The summed E-state index contributed by atoms with van der Waals surface area (Å²) in [5.74, 6) is 0. The Morgan fingerprint density at radius 3 is 1.82 bits per heavy atom. The number of hydrogen-bond acceptors (Lipinski definition) is 1. The molecule has 0 saturated heterocycles. The Morgan fingerprint density at radius 1 is 1.09 bits per heavy atom. The van der Waals surface area contributed by atoms with Gasteiger partial charge in [0.25, 0.3) is 0 Å². The maximum atomic E-state index is 4.89. The van der Waals surface area contributed by atoms with Crippen LogP contribution in [0.1, 0.15) is 20.8 Å². The largest absolute Gasteiger partial charge is 0.379 e. The summed E-state index contributed by atoms with van der Waals surface area (Å²) in [6.45, 7) is 7.83. The van der Waals surface area contributed by atoms with Crippen molar-refractivity contribution in [3.05, 3.63) is 7.11 Å². The maximum Gasteiger partial charge on any atom is 0.0700 e. The van der Waals surface area contributed by atoms with E-state index in [4.69, 9.17) is 4.74 Å². The molecule has 0 spiro atoms. The van der Waals surface area contributed by atoms with E-state index in [9.17, 15) is 0 Å². The normalized spacial score (nSPS) is 12.0. The molecule has 0 aliphatic rings. The van der Waals surface area contributed by atoms with E-state index >= 15 is 0 Å². The number of ether oxygens (including phenoxy) is 1. The summed E-state index contributed by atoms with van der Waals surface area (Å²) in [4.78, 5) is 0. The molecule has 0 N–H and O–H groups in total. The first-order valence-corrected chi connectivity index (χ1v) is 7.44. The van der Waals surface area contributed by atoms with Gasteiger partial charge in [0.05, 0.1) is 15.2 Å². The summed E-state index contributed by atoms with van der Waals surface area (Å²) < 4.78 is 4.89. The minimum absolute atomic E-state index is 0.863. The lowest BCUT2D eigenvalue weighted by Gasteiger charge is -2.27. The van der Waals surface area contributed by atoms with Gasteiger partial charge in [-0.2, -0.15) is 0 Å². The Balaban J connectivity index is 3.84. The molecule has 0 rings (SSSR count). The Labute approximate surface area is 72.2 Å². The van der Waals surface area contributed by atoms with Crippen molar-refractivity contribution in [1.82, 2.24) is 0 Å². The SMILES string of the molecule is [CH2]OCC[Si](CC)(CC)CC. The first-order chi connectivity index (χ1) is 5.24. The quantitative estimate of drug-likeness (QED) is 0.560. The van der Waals surface area contributed by atoms with Crippen LogP contribution in [0.15, 0.2) is 0 Å². The Bertz CT molecular complexity index is 81.3. The van der Waals surface area contributed by atoms with Crippen LogP contribution in [0.25, 0.3) is 0 Å². The Hall–Kier alpha value is 0.177. The van der Waals surface area contributed by atoms with Crippen molar-refractivity contribution in [2.75, 3.05) is 6.61 Å². The molecule has 0 fully saturated rings. The summed E-state index contributed by atoms with van der Waals surface area (Å²) in [5.41, 5.74) is 0. The summed E-state index contributed by atoms with van der Waals surface area (Å²) in [6.07, 6.45) is 0. The molecular weight excluding hydrogens is 152 g/mol. The van der Waals surface area contributed by atoms with Gasteiger partial charge in [0.1, 0.15) is 0 Å². The van der Waals surface area contributed by atoms with Crippen molar-refractivity contribution in [1.29, 1.82) is 0 Å². The van der Waals surface area contributed by atoms with Crippen molar-refractivity contribution >= 4 is 8.07 Å². The molecule has 11 heavy (non-hydrogen) atoms. The van der Waals surface area contributed by atoms with E-state index in [1.165, 1.54) is 24.2 Å². The fourth-order valence-corrected chi connectivity index (χ4v) is 4.71. The van der Waals surface area contributed by atoms with Gasteiger partial charge in [-0.25, -0.2) is 0 Å². The third-order valence-electron chi connectivity index (χ3n) is 3.03. The van der Waals surface area contributed by atoms with Crippen molar-refractivity contribution in [3.63, 3.8) is 0 Å². The van der Waals surface area contributed by atoms with Gasteiger partial charge >= 0.3 is 0 Å². The highest BCUT2D eigenvalue weighted by atomic mass is 28.3. The zero-order chi connectivity index (χ0) is 8.74. The second kappa shape index (κ2) is 5.78. The van der Waals surface area contributed by atoms with Crippen LogP contribution in [-0.2, 0) is 4.74 Å². The number of hydrogen-bond donors (Lipinski definition) is 0. The van der Waals surface area contributed by atoms with E-state index in [1.807, 2.05) is 0 Å². The molecule has 0 saturated carbocycles. The van der Waals surface area contributed by atoms with Gasteiger partial charge < -0.3 is 4.74 Å². The van der Waals surface area contributed by atoms with Crippen LogP contribution in [0, 0.1) is 7.11 Å². The van der Waals surface area contributed by atoms with Gasteiger partial charge in [0.2, 0.25) is 0 Å². The van der Waals surface area contributed by atoms with E-state index in [-0.39, 0.29) is 0 Å². The Kier molecular flexibility index (Phi) is 5.87. The highest BCUT2D eigenvalue weighted by molar-refractivity contribution is 6.79. The fourth-order valence-electron chi connectivity index (χ4n) is 1.57. The maximum absolute atomic E-state index is 4.89. The zero-order valence-electron chi connectivity index (χ0n) is 8.15. The average Bonchev–Trinajstić information content (AvgIpc) is 2.08. The minimum Gasteiger partial charge on any atom is -0.379 e. The first-order valence-electron chi connectivity index (χ1n) is 4.61. The van der Waals surface area contributed by atoms with Gasteiger partial charge in [0.15, 0.2) is 0 Å². The second-order valence-corrected chi connectivity index (χ2v) is 8.84. The minimum atomic E-state index is -0.903. The molecule has 67 valence electrons. The smallest absolute Gasteiger partial charge is 0.0700 e. The van der Waals surface area contributed by atoms with E-state index in [1.54, 1.807) is 0 Å². The van der Waals surface area contributed by atoms with E-state index in [2.05, 4.69) is 27.9 Å². The molecule has 1 nitrogen and oxygen atoms in total. The molecule has 0 aromatic heterocycles. The van der Waals surface area contributed by atoms with E-state index in [0.29, 0.717) is 0 Å². The van der Waals surface area contributed by atoms with Gasteiger partial charge in [-0.3, -0.25) is 0 Å². The number of rotatable bonds is 6. The van der Waals surface area contributed by atoms with Crippen molar-refractivity contribution < 1.29 is 4.74 Å². The molecule has 0 unspecified atom stereocenters. The lowest BCUT2D eigenvalue weighted by atomic mass is 10.8. The molecule has 0 aliphatic carbocycles. The van der Waals surface area contributed by atoms with E-state index in [0.717, 1.165) is 6.61 Å². The summed E-state index contributed by atoms with van der Waals surface area (Å²) >= 11 is 0. The zero-order valence-corrected chi connectivity index (χ0v) is 9.15. The predicted molar refractivity (Wildman–Crippen MR) is 53.3 cm³/mol. The van der Waals surface area contributed by atoms with Crippen molar-refractivity contribution in [3.8, 4) is 0 Å². The van der Waals surface area contributed by atoms with Gasteiger partial charge in [-0.15, -0.1) is 0 Å². The van der Waals surface area contributed by atoms with Crippen LogP contribution in [0.4, 0.5) is 0 Å². The molecule has 0 aromatic carbocycles. The molecule has 0 aliphatic heterocycles. The standard InChI is InChI=1S/C9H21OSi/c1-5-11(6-2,7-3)9-8-10-4/h4-9H2,1-3H3. The Morgan fingerprint density at radius 2 is 1.55 bits per heavy atom. The lowest BCUT2D eigenvalue weighted by Crippen LogP contribution is -2.32. The van der Waals surface area contributed by atoms with Gasteiger partial charge in [-0.05, 0) is 6.04 Å². The predicted octanol–water partition coefficient (Wildman–Crippen LogP) is 3.30. The first kappa shape index (κ1) is 11.2. The molecular formula is C9H21OSi. The molecule has 0 bridgehead atoms. The van der Waals surface area contributed by atoms with Crippen LogP contribution >= 0.6 is 0 Å². The second-order valence-electron chi connectivity index (χ2n) is 3.22. The summed E-state index contributed by atoms with van der Waals surface area (Å²) in [6, 6.07) is 5.47. The monoisotopic (exact) mass is 173 g/mol. The highest BCUT2D eigenvalue weighted by Gasteiger charge is 2.25.